The molecule has 0 bridgehead atoms. The van der Waals surface area contributed by atoms with E-state index >= 15 is 0 Å². The predicted octanol–water partition coefficient (Wildman–Crippen LogP) is -6.60. The molecule has 0 aromatic carbocycles. The van der Waals surface area contributed by atoms with Gasteiger partial charge in [0.2, 0.25) is 0 Å². The molecule has 10 heavy (non-hydrogen) atoms. The summed E-state index contributed by atoms with van der Waals surface area (Å²) < 4.78 is 40.5. The van der Waals surface area contributed by atoms with Gasteiger partial charge in [-0.2, -0.15) is 0 Å². The average Bonchev–Trinajstić information content (AvgIpc) is 1.19. The van der Waals surface area contributed by atoms with Gasteiger partial charge < -0.3 is 14.1 Å². The summed E-state index contributed by atoms with van der Waals surface area (Å²) in [5.74, 6) is 0. The molecule has 0 spiro atoms. The van der Waals surface area contributed by atoms with Crippen molar-refractivity contribution >= 4 is 9.17 Å². The van der Waals surface area contributed by atoms with Crippen LogP contribution in [-0.2, 0) is 25.7 Å². The van der Waals surface area contributed by atoms with Crippen LogP contribution in [0.3, 0.4) is 0 Å². The van der Waals surface area contributed by atoms with Crippen LogP contribution in [0, 0.1) is 0 Å². The van der Waals surface area contributed by atoms with Gasteiger partial charge in [0.1, 0.15) is 0 Å². The SMILES string of the molecule is O=[Si]([O-])O.[Na+].[O]=[Cr](=[O])([OH])[OH]. The van der Waals surface area contributed by atoms with Gasteiger partial charge in [-0.25, -0.2) is 0 Å². The molecule has 0 aliphatic rings. The van der Waals surface area contributed by atoms with Gasteiger partial charge in [0.05, 0.1) is 0 Å². The van der Waals surface area contributed by atoms with E-state index < -0.39 is 22.8 Å². The first-order valence-corrected chi connectivity index (χ1v) is 4.78. The molecule has 0 aliphatic heterocycles. The Morgan fingerprint density at radius 1 is 1.30 bits per heavy atom. The van der Waals surface area contributed by atoms with E-state index in [-0.39, 0.29) is 29.6 Å². The summed E-state index contributed by atoms with van der Waals surface area (Å²) in [7, 11) is -3.38. The Balaban J connectivity index is -0.0000000910. The molecule has 0 saturated carbocycles. The molecule has 0 fully saturated rings. The maximum absolute atomic E-state index is 8.82. The first-order valence-electron chi connectivity index (χ1n) is 1.33. The monoisotopic (exact) mass is 218 g/mol. The van der Waals surface area contributed by atoms with Crippen molar-refractivity contribution < 1.29 is 73.1 Å². The Bertz CT molecular complexity index is 156. The molecule has 10 heteroatoms. The van der Waals surface area contributed by atoms with E-state index in [0.717, 1.165) is 0 Å². The van der Waals surface area contributed by atoms with Crippen LogP contribution in [0.4, 0.5) is 0 Å². The third-order valence-corrected chi connectivity index (χ3v) is 0. The summed E-state index contributed by atoms with van der Waals surface area (Å²) in [4.78, 5) is 15.7. The first-order chi connectivity index (χ1) is 3.73. The number of hydrogen-bond acceptors (Lipinski definition) is 4. The van der Waals surface area contributed by atoms with E-state index in [1.54, 1.807) is 0 Å². The van der Waals surface area contributed by atoms with Crippen molar-refractivity contribution in [3.8, 4) is 0 Å². The molecule has 7 nitrogen and oxygen atoms in total. The molecule has 0 rings (SSSR count). The topological polar surface area (TPSA) is 135 Å². The van der Waals surface area contributed by atoms with Gasteiger partial charge in [0, 0.05) is 0 Å². The first kappa shape index (κ1) is 17.0. The van der Waals surface area contributed by atoms with Gasteiger partial charge >= 0.3 is 68.3 Å². The molecule has 0 heterocycles. The second kappa shape index (κ2) is 7.77. The molecule has 0 saturated heterocycles. The van der Waals surface area contributed by atoms with Crippen LogP contribution in [0.1, 0.15) is 0 Å². The maximum atomic E-state index is 8.82. The van der Waals surface area contributed by atoms with Crippen LogP contribution in [0.15, 0.2) is 0 Å². The quantitative estimate of drug-likeness (QED) is 0.344. The van der Waals surface area contributed by atoms with E-state index in [1.165, 1.54) is 0 Å². The fourth-order valence-electron chi connectivity index (χ4n) is 0. The zero-order valence-electron chi connectivity index (χ0n) is 4.88. The number of hydrogen-bond donors (Lipinski definition) is 3. The van der Waals surface area contributed by atoms with Crippen LogP contribution in [0.25, 0.3) is 0 Å². The van der Waals surface area contributed by atoms with Gasteiger partial charge in [0.25, 0.3) is 0 Å². The molecule has 0 amide bonds. The number of rotatable bonds is 0. The van der Waals surface area contributed by atoms with E-state index in [9.17, 15) is 0 Å². The summed E-state index contributed by atoms with van der Waals surface area (Å²) in [6, 6.07) is 0. The minimum absolute atomic E-state index is 0. The molecular formula is H3CrNaO7Si. The molecule has 0 atom stereocenters. The van der Waals surface area contributed by atoms with Crippen molar-refractivity contribution in [3.05, 3.63) is 0 Å². The Morgan fingerprint density at radius 2 is 1.30 bits per heavy atom. The van der Waals surface area contributed by atoms with Crippen molar-refractivity contribution in [2.24, 2.45) is 0 Å². The fraction of sp³-hybridized carbons (Fsp3) is 0. The van der Waals surface area contributed by atoms with Gasteiger partial charge in [-0.05, 0) is 0 Å². The minimum atomic E-state index is -5.25. The molecule has 0 aromatic rings. The van der Waals surface area contributed by atoms with Crippen LogP contribution < -0.4 is 34.4 Å². The Morgan fingerprint density at radius 3 is 1.30 bits per heavy atom. The summed E-state index contributed by atoms with van der Waals surface area (Å²) in [6.07, 6.45) is 0. The summed E-state index contributed by atoms with van der Waals surface area (Å²) in [5.41, 5.74) is 0. The summed E-state index contributed by atoms with van der Waals surface area (Å²) in [6.45, 7) is 0. The van der Waals surface area contributed by atoms with E-state index in [1.807, 2.05) is 0 Å². The van der Waals surface area contributed by atoms with E-state index in [0.29, 0.717) is 0 Å². The molecule has 0 aliphatic carbocycles. The van der Waals surface area contributed by atoms with Crippen molar-refractivity contribution in [1.82, 2.24) is 0 Å². The van der Waals surface area contributed by atoms with Crippen molar-refractivity contribution in [3.63, 3.8) is 0 Å². The van der Waals surface area contributed by atoms with Crippen molar-refractivity contribution in [2.75, 3.05) is 0 Å². The molecule has 56 valence electrons. The summed E-state index contributed by atoms with van der Waals surface area (Å²) >= 11 is -5.25. The standard InChI is InChI=1S/Cr.Na.HO3Si.2H2O.2O/c;;1-4(2)3;;;;/h;;1H;2*1H2;;/q+2;+1;-1;;;;/p-2. The zero-order chi connectivity index (χ0) is 8.08. The zero-order valence-corrected chi connectivity index (χ0v) is 9.16. The average molecular weight is 218 g/mol. The third kappa shape index (κ3) is 1140. The van der Waals surface area contributed by atoms with Crippen molar-refractivity contribution in [2.45, 2.75) is 0 Å². The molecule has 0 aromatic heterocycles. The third-order valence-electron chi connectivity index (χ3n) is 0. The Hall–Kier alpha value is 0.669. The predicted molar refractivity (Wildman–Crippen MR) is 14.5 cm³/mol. The van der Waals surface area contributed by atoms with Crippen molar-refractivity contribution in [1.29, 1.82) is 0 Å². The van der Waals surface area contributed by atoms with Crippen LogP contribution in [0.5, 0.6) is 0 Å². The fourth-order valence-corrected chi connectivity index (χ4v) is 0. The van der Waals surface area contributed by atoms with Crippen LogP contribution >= 0.6 is 0 Å². The van der Waals surface area contributed by atoms with E-state index in [2.05, 4.69) is 0 Å². The molecular weight excluding hydrogens is 215 g/mol. The Labute approximate surface area is 81.9 Å². The summed E-state index contributed by atoms with van der Waals surface area (Å²) in [5, 5.41) is 0. The van der Waals surface area contributed by atoms with Gasteiger partial charge in [-0.15, -0.1) is 0 Å². The Kier molecular flexibility index (Phi) is 13.2. The molecule has 0 radical (unpaired) electrons. The molecule has 0 unspecified atom stereocenters. The van der Waals surface area contributed by atoms with Gasteiger partial charge in [-0.1, -0.05) is 0 Å². The van der Waals surface area contributed by atoms with Gasteiger partial charge in [-0.3, -0.25) is 0 Å². The second-order valence-corrected chi connectivity index (χ2v) is 2.64. The molecule has 3 N–H and O–H groups in total. The normalized spacial score (nSPS) is 8.20. The van der Waals surface area contributed by atoms with Gasteiger partial charge in [0.15, 0.2) is 0 Å². The van der Waals surface area contributed by atoms with Crippen LogP contribution in [-0.4, -0.2) is 22.3 Å². The van der Waals surface area contributed by atoms with E-state index in [4.69, 9.17) is 30.0 Å². The second-order valence-electron chi connectivity index (χ2n) is 0.714. The van der Waals surface area contributed by atoms with Crippen LogP contribution in [0.2, 0.25) is 0 Å².